The predicted molar refractivity (Wildman–Crippen MR) is 212 cm³/mol. The van der Waals surface area contributed by atoms with Gasteiger partial charge in [-0.25, -0.2) is 0 Å². The maximum Gasteiger partial charge on any atom is 0.0640 e. The minimum atomic E-state index is -0.106. The molecule has 232 valence electrons. The van der Waals surface area contributed by atoms with Crippen molar-refractivity contribution in [1.29, 1.82) is 0 Å². The van der Waals surface area contributed by atoms with Crippen LogP contribution in [-0.4, -0.2) is 0 Å². The van der Waals surface area contributed by atoms with Crippen LogP contribution in [0.4, 0.5) is 17.1 Å². The molecule has 1 aromatic heterocycles. The molecule has 0 atom stereocenters. The van der Waals surface area contributed by atoms with Gasteiger partial charge in [0.2, 0.25) is 0 Å². The molecule has 0 N–H and O–H groups in total. The fourth-order valence-electron chi connectivity index (χ4n) is 8.40. The summed E-state index contributed by atoms with van der Waals surface area (Å²) in [7, 11) is 0. The van der Waals surface area contributed by atoms with Gasteiger partial charge in [-0.2, -0.15) is 0 Å². The lowest BCUT2D eigenvalue weighted by atomic mass is 9.82. The number of nitrogens with zero attached hydrogens (tertiary/aromatic N) is 1. The highest BCUT2D eigenvalue weighted by molar-refractivity contribution is 7.26. The fraction of sp³-hybridized carbons (Fsp3) is 0.0638. The van der Waals surface area contributed by atoms with Crippen molar-refractivity contribution >= 4 is 70.1 Å². The van der Waals surface area contributed by atoms with Crippen LogP contribution in [0.15, 0.2) is 164 Å². The molecule has 0 saturated heterocycles. The second-order valence-corrected chi connectivity index (χ2v) is 14.7. The highest BCUT2D eigenvalue weighted by Crippen LogP contribution is 2.56. The van der Waals surface area contributed by atoms with Crippen LogP contribution >= 0.6 is 11.3 Å². The summed E-state index contributed by atoms with van der Waals surface area (Å²) in [5.41, 5.74) is 11.3. The van der Waals surface area contributed by atoms with E-state index < -0.39 is 0 Å². The molecule has 1 nitrogen and oxygen atoms in total. The van der Waals surface area contributed by atoms with Crippen molar-refractivity contribution in [3.63, 3.8) is 0 Å². The topological polar surface area (TPSA) is 3.24 Å². The van der Waals surface area contributed by atoms with Gasteiger partial charge in [0.05, 0.1) is 21.8 Å². The predicted octanol–water partition coefficient (Wildman–Crippen LogP) is 13.8. The molecule has 10 rings (SSSR count). The first-order valence-corrected chi connectivity index (χ1v) is 17.8. The zero-order valence-corrected chi connectivity index (χ0v) is 28.3. The maximum absolute atomic E-state index is 2.56. The molecule has 0 saturated carbocycles. The fourth-order valence-corrected chi connectivity index (χ4v) is 9.62. The Hall–Kier alpha value is -5.70. The molecule has 9 aromatic rings. The molecule has 0 unspecified atom stereocenters. The van der Waals surface area contributed by atoms with E-state index in [2.05, 4.69) is 183 Å². The molecule has 8 aromatic carbocycles. The number of thiophene rings is 1. The van der Waals surface area contributed by atoms with Crippen LogP contribution in [0.1, 0.15) is 25.0 Å². The summed E-state index contributed by atoms with van der Waals surface area (Å²) in [6, 6.07) is 60.6. The first-order valence-electron chi connectivity index (χ1n) is 17.0. The van der Waals surface area contributed by atoms with E-state index >= 15 is 0 Å². The lowest BCUT2D eigenvalue weighted by Gasteiger charge is -2.31. The zero-order chi connectivity index (χ0) is 32.7. The number of fused-ring (bicyclic) bond motifs is 9. The van der Waals surface area contributed by atoms with Crippen molar-refractivity contribution in [3.05, 3.63) is 175 Å². The second-order valence-electron chi connectivity index (χ2n) is 13.7. The molecule has 2 heteroatoms. The molecular weight excluding hydrogens is 611 g/mol. The Balaban J connectivity index is 1.33. The molecule has 0 radical (unpaired) electrons. The van der Waals surface area contributed by atoms with Crippen LogP contribution in [0.25, 0.3) is 64.0 Å². The number of benzene rings is 8. The van der Waals surface area contributed by atoms with Crippen molar-refractivity contribution in [2.24, 2.45) is 0 Å². The Kier molecular flexibility index (Phi) is 6.16. The van der Waals surface area contributed by atoms with Gasteiger partial charge in [0.25, 0.3) is 0 Å². The third-order valence-corrected chi connectivity index (χ3v) is 11.9. The van der Waals surface area contributed by atoms with Crippen LogP contribution in [0.2, 0.25) is 0 Å². The Morgan fingerprint density at radius 1 is 0.429 bits per heavy atom. The molecular formula is C47H33NS. The van der Waals surface area contributed by atoms with Crippen molar-refractivity contribution in [2.45, 2.75) is 19.3 Å². The summed E-state index contributed by atoms with van der Waals surface area (Å²) in [5, 5.41) is 7.73. The Labute approximate surface area is 290 Å². The van der Waals surface area contributed by atoms with Gasteiger partial charge in [-0.1, -0.05) is 153 Å². The van der Waals surface area contributed by atoms with Gasteiger partial charge in [-0.3, -0.25) is 0 Å². The third kappa shape index (κ3) is 4.11. The molecule has 0 fully saturated rings. The third-order valence-electron chi connectivity index (χ3n) is 10.7. The molecule has 0 spiro atoms. The van der Waals surface area contributed by atoms with E-state index in [0.29, 0.717) is 0 Å². The molecule has 0 aliphatic heterocycles. The van der Waals surface area contributed by atoms with Crippen molar-refractivity contribution in [1.82, 2.24) is 0 Å². The Morgan fingerprint density at radius 3 is 1.88 bits per heavy atom. The van der Waals surface area contributed by atoms with Crippen LogP contribution in [0, 0.1) is 0 Å². The van der Waals surface area contributed by atoms with Gasteiger partial charge >= 0.3 is 0 Å². The maximum atomic E-state index is 2.56. The molecule has 49 heavy (non-hydrogen) atoms. The lowest BCUT2D eigenvalue weighted by molar-refractivity contribution is 0.660. The van der Waals surface area contributed by atoms with Crippen molar-refractivity contribution in [2.75, 3.05) is 4.90 Å². The van der Waals surface area contributed by atoms with Gasteiger partial charge in [-0.05, 0) is 68.1 Å². The minimum Gasteiger partial charge on any atom is -0.308 e. The summed E-state index contributed by atoms with van der Waals surface area (Å²) in [4.78, 5) is 2.56. The number of hydrogen-bond donors (Lipinski definition) is 0. The summed E-state index contributed by atoms with van der Waals surface area (Å²) in [6.45, 7) is 4.74. The second kappa shape index (κ2) is 10.7. The molecule has 1 heterocycles. The minimum absolute atomic E-state index is 0.106. The number of anilines is 3. The van der Waals surface area contributed by atoms with E-state index in [9.17, 15) is 0 Å². The average molecular weight is 644 g/mol. The van der Waals surface area contributed by atoms with Gasteiger partial charge < -0.3 is 4.90 Å². The molecule has 1 aliphatic carbocycles. The van der Waals surface area contributed by atoms with Crippen molar-refractivity contribution < 1.29 is 0 Å². The standard InChI is InChI=1S/C47H33NS/c1-47(2)38-23-9-7-20-36(38)45-39(47)24-13-26-41(45)48(40-25-10-8-19-35(40)34-21-11-16-30-14-3-5-17-32(30)34)42-27-12-22-37-44-33-18-6-4-15-31(33)28-29-43(44)49-46(37)42/h3-29H,1-2H3. The summed E-state index contributed by atoms with van der Waals surface area (Å²) in [6.07, 6.45) is 0. The van der Waals surface area contributed by atoms with Crippen LogP contribution in [0.3, 0.4) is 0 Å². The first-order chi connectivity index (χ1) is 24.1. The van der Waals surface area contributed by atoms with E-state index in [4.69, 9.17) is 0 Å². The summed E-state index contributed by atoms with van der Waals surface area (Å²) >= 11 is 1.90. The monoisotopic (exact) mass is 643 g/mol. The molecule has 0 amide bonds. The highest BCUT2D eigenvalue weighted by Gasteiger charge is 2.38. The van der Waals surface area contributed by atoms with E-state index in [1.165, 1.54) is 92.2 Å². The van der Waals surface area contributed by atoms with Gasteiger partial charge in [0.15, 0.2) is 0 Å². The Morgan fingerprint density at radius 2 is 1.00 bits per heavy atom. The lowest BCUT2D eigenvalue weighted by Crippen LogP contribution is -2.16. The summed E-state index contributed by atoms with van der Waals surface area (Å²) in [5.74, 6) is 0. The van der Waals surface area contributed by atoms with Crippen LogP contribution in [-0.2, 0) is 5.41 Å². The van der Waals surface area contributed by atoms with Gasteiger partial charge in [0.1, 0.15) is 0 Å². The van der Waals surface area contributed by atoms with E-state index in [-0.39, 0.29) is 5.41 Å². The number of rotatable bonds is 4. The SMILES string of the molecule is CC1(C)c2ccccc2-c2c(N(c3ccccc3-c3cccc4ccccc34)c3cccc4c3sc3ccc5ccccc5c34)cccc21. The normalized spacial score (nSPS) is 13.3. The van der Waals surface area contributed by atoms with Gasteiger partial charge in [0, 0.05) is 32.0 Å². The van der Waals surface area contributed by atoms with E-state index in [1.807, 2.05) is 11.3 Å². The molecule has 1 aliphatic rings. The molecule has 0 bridgehead atoms. The van der Waals surface area contributed by atoms with Crippen LogP contribution in [0.5, 0.6) is 0 Å². The first kappa shape index (κ1) is 28.3. The van der Waals surface area contributed by atoms with E-state index in [0.717, 1.165) is 0 Å². The van der Waals surface area contributed by atoms with E-state index in [1.54, 1.807) is 0 Å². The number of hydrogen-bond acceptors (Lipinski definition) is 2. The van der Waals surface area contributed by atoms with Gasteiger partial charge in [-0.15, -0.1) is 11.3 Å². The van der Waals surface area contributed by atoms with Crippen LogP contribution < -0.4 is 4.90 Å². The zero-order valence-electron chi connectivity index (χ0n) is 27.4. The van der Waals surface area contributed by atoms with Crippen molar-refractivity contribution in [3.8, 4) is 22.3 Å². The quantitative estimate of drug-likeness (QED) is 0.184. The largest absolute Gasteiger partial charge is 0.308 e. The number of para-hydroxylation sites is 1. The smallest absolute Gasteiger partial charge is 0.0640 e. The summed E-state index contributed by atoms with van der Waals surface area (Å²) < 4.78 is 2.61. The highest BCUT2D eigenvalue weighted by atomic mass is 32.1. The average Bonchev–Trinajstić information content (AvgIpc) is 3.65. The Bertz CT molecular complexity index is 2760.